The molecule has 0 aliphatic heterocycles. The Hall–Kier alpha value is -1.36. The number of carbonyl (C=O) groups excluding carboxylic acids is 1. The summed E-state index contributed by atoms with van der Waals surface area (Å²) in [5.74, 6) is -0.286. The summed E-state index contributed by atoms with van der Waals surface area (Å²) in [5, 5.41) is 7.55. The van der Waals surface area contributed by atoms with E-state index in [9.17, 15) is 4.79 Å². The second-order valence-corrected chi connectivity index (χ2v) is 4.36. The molecule has 0 saturated heterocycles. The molecule has 5 heteroatoms. The zero-order chi connectivity index (χ0) is 12.3. The molecule has 17 heavy (non-hydrogen) atoms. The van der Waals surface area contributed by atoms with Gasteiger partial charge in [0.1, 0.15) is 5.56 Å². The molecule has 94 valence electrons. The van der Waals surface area contributed by atoms with E-state index in [-0.39, 0.29) is 5.97 Å². The number of aryl methyl sites for hydroxylation is 1. The molecule has 1 saturated carbocycles. The average Bonchev–Trinajstić information content (AvgIpc) is 2.59. The molecule has 1 N–H and O–H groups in total. The molecule has 1 aromatic heterocycles. The van der Waals surface area contributed by atoms with E-state index in [0.29, 0.717) is 24.8 Å². The average molecular weight is 237 g/mol. The first-order valence-electron chi connectivity index (χ1n) is 6.13. The van der Waals surface area contributed by atoms with Crippen molar-refractivity contribution in [2.24, 2.45) is 7.05 Å². The standard InChI is InChI=1S/C12H19N3O2/c1-3-17-12(16)10-7-14-15(2)11(10)8-13-9-5-4-6-9/h7,9,13H,3-6,8H2,1-2H3. The van der Waals surface area contributed by atoms with Crippen molar-refractivity contribution in [2.75, 3.05) is 6.61 Å². The largest absolute Gasteiger partial charge is 0.462 e. The second-order valence-electron chi connectivity index (χ2n) is 4.36. The van der Waals surface area contributed by atoms with Gasteiger partial charge in [-0.3, -0.25) is 4.68 Å². The predicted octanol–water partition coefficient (Wildman–Crippen LogP) is 1.24. The van der Waals surface area contributed by atoms with E-state index in [1.54, 1.807) is 17.8 Å². The molecule has 0 bridgehead atoms. The SMILES string of the molecule is CCOC(=O)c1cnn(C)c1CNC1CCC1. The van der Waals surface area contributed by atoms with Crippen molar-refractivity contribution < 1.29 is 9.53 Å². The van der Waals surface area contributed by atoms with E-state index in [2.05, 4.69) is 10.4 Å². The van der Waals surface area contributed by atoms with Crippen molar-refractivity contribution in [3.8, 4) is 0 Å². The monoisotopic (exact) mass is 237 g/mol. The van der Waals surface area contributed by atoms with Crippen LogP contribution in [-0.4, -0.2) is 28.4 Å². The number of nitrogens with zero attached hydrogens (tertiary/aromatic N) is 2. The van der Waals surface area contributed by atoms with E-state index in [1.807, 2.05) is 7.05 Å². The molecule has 2 rings (SSSR count). The van der Waals surface area contributed by atoms with Crippen molar-refractivity contribution in [3.05, 3.63) is 17.5 Å². The van der Waals surface area contributed by atoms with Crippen molar-refractivity contribution in [3.63, 3.8) is 0 Å². The third kappa shape index (κ3) is 2.66. The molecule has 0 spiro atoms. The molecule has 1 aliphatic rings. The summed E-state index contributed by atoms with van der Waals surface area (Å²) in [7, 11) is 1.85. The normalized spacial score (nSPS) is 15.6. The molecular formula is C12H19N3O2. The molecule has 0 atom stereocenters. The van der Waals surface area contributed by atoms with Gasteiger partial charge >= 0.3 is 5.97 Å². The van der Waals surface area contributed by atoms with E-state index in [1.165, 1.54) is 19.3 Å². The molecule has 0 amide bonds. The molecule has 0 radical (unpaired) electrons. The van der Waals surface area contributed by atoms with Crippen LogP contribution in [0.3, 0.4) is 0 Å². The Kier molecular flexibility index (Phi) is 3.78. The van der Waals surface area contributed by atoms with Gasteiger partial charge in [0.2, 0.25) is 0 Å². The first-order valence-corrected chi connectivity index (χ1v) is 6.13. The fourth-order valence-electron chi connectivity index (χ4n) is 1.91. The number of esters is 1. The highest BCUT2D eigenvalue weighted by molar-refractivity contribution is 5.90. The van der Waals surface area contributed by atoms with Gasteiger partial charge in [0.25, 0.3) is 0 Å². The van der Waals surface area contributed by atoms with Gasteiger partial charge in [-0.15, -0.1) is 0 Å². The number of ether oxygens (including phenoxy) is 1. The summed E-state index contributed by atoms with van der Waals surface area (Å²) in [6.07, 6.45) is 5.34. The Morgan fingerprint density at radius 2 is 2.41 bits per heavy atom. The van der Waals surface area contributed by atoms with Crippen LogP contribution in [0.25, 0.3) is 0 Å². The zero-order valence-corrected chi connectivity index (χ0v) is 10.4. The number of nitrogens with one attached hydrogen (secondary N) is 1. The molecule has 1 aliphatic carbocycles. The van der Waals surface area contributed by atoms with Gasteiger partial charge in [0.05, 0.1) is 18.5 Å². The zero-order valence-electron chi connectivity index (χ0n) is 10.4. The van der Waals surface area contributed by atoms with Crippen LogP contribution in [0, 0.1) is 0 Å². The lowest BCUT2D eigenvalue weighted by molar-refractivity contribution is 0.0524. The third-order valence-electron chi connectivity index (χ3n) is 3.22. The van der Waals surface area contributed by atoms with Gasteiger partial charge in [-0.05, 0) is 19.8 Å². The Bertz CT molecular complexity index is 396. The van der Waals surface area contributed by atoms with Gasteiger partial charge in [-0.1, -0.05) is 6.42 Å². The highest BCUT2D eigenvalue weighted by Gasteiger charge is 2.20. The lowest BCUT2D eigenvalue weighted by Crippen LogP contribution is -2.35. The minimum Gasteiger partial charge on any atom is -0.462 e. The highest BCUT2D eigenvalue weighted by Crippen LogP contribution is 2.19. The van der Waals surface area contributed by atoms with E-state index in [4.69, 9.17) is 4.74 Å². The van der Waals surface area contributed by atoms with Crippen LogP contribution in [0.1, 0.15) is 42.2 Å². The lowest BCUT2D eigenvalue weighted by atomic mass is 9.93. The number of hydrogen-bond acceptors (Lipinski definition) is 4. The molecule has 5 nitrogen and oxygen atoms in total. The summed E-state index contributed by atoms with van der Waals surface area (Å²) in [4.78, 5) is 11.7. The third-order valence-corrected chi connectivity index (χ3v) is 3.22. The van der Waals surface area contributed by atoms with Crippen LogP contribution in [0.2, 0.25) is 0 Å². The molecule has 1 heterocycles. The fourth-order valence-corrected chi connectivity index (χ4v) is 1.91. The van der Waals surface area contributed by atoms with E-state index >= 15 is 0 Å². The number of aromatic nitrogens is 2. The highest BCUT2D eigenvalue weighted by atomic mass is 16.5. The summed E-state index contributed by atoms with van der Waals surface area (Å²) >= 11 is 0. The number of carbonyl (C=O) groups is 1. The quantitative estimate of drug-likeness (QED) is 0.783. The van der Waals surface area contributed by atoms with Crippen molar-refractivity contribution in [1.82, 2.24) is 15.1 Å². The molecular weight excluding hydrogens is 218 g/mol. The summed E-state index contributed by atoms with van der Waals surface area (Å²) in [6, 6.07) is 0.597. The fraction of sp³-hybridized carbons (Fsp3) is 0.667. The Morgan fingerprint density at radius 3 is 3.00 bits per heavy atom. The molecule has 0 aromatic carbocycles. The van der Waals surface area contributed by atoms with Gasteiger partial charge < -0.3 is 10.1 Å². The number of hydrogen-bond donors (Lipinski definition) is 1. The van der Waals surface area contributed by atoms with Crippen LogP contribution in [0.4, 0.5) is 0 Å². The second kappa shape index (κ2) is 5.31. The van der Waals surface area contributed by atoms with Crippen LogP contribution in [0.5, 0.6) is 0 Å². The van der Waals surface area contributed by atoms with Crippen LogP contribution >= 0.6 is 0 Å². The summed E-state index contributed by atoms with van der Waals surface area (Å²) < 4.78 is 6.74. The summed E-state index contributed by atoms with van der Waals surface area (Å²) in [5.41, 5.74) is 1.47. The van der Waals surface area contributed by atoms with E-state index in [0.717, 1.165) is 5.69 Å². The minimum absolute atomic E-state index is 0.286. The Balaban J connectivity index is 2.02. The van der Waals surface area contributed by atoms with Gasteiger partial charge in [-0.2, -0.15) is 5.10 Å². The molecule has 0 unspecified atom stereocenters. The van der Waals surface area contributed by atoms with Crippen molar-refractivity contribution >= 4 is 5.97 Å². The number of rotatable bonds is 5. The maximum absolute atomic E-state index is 11.7. The van der Waals surface area contributed by atoms with Crippen LogP contribution in [-0.2, 0) is 18.3 Å². The summed E-state index contributed by atoms with van der Waals surface area (Å²) in [6.45, 7) is 2.87. The van der Waals surface area contributed by atoms with Gasteiger partial charge in [0.15, 0.2) is 0 Å². The predicted molar refractivity (Wildman–Crippen MR) is 63.6 cm³/mol. The van der Waals surface area contributed by atoms with E-state index < -0.39 is 0 Å². The van der Waals surface area contributed by atoms with Crippen LogP contribution in [0.15, 0.2) is 6.20 Å². The molecule has 1 fully saturated rings. The maximum Gasteiger partial charge on any atom is 0.341 e. The van der Waals surface area contributed by atoms with Crippen molar-refractivity contribution in [1.29, 1.82) is 0 Å². The minimum atomic E-state index is -0.286. The molecule has 1 aromatic rings. The lowest BCUT2D eigenvalue weighted by Gasteiger charge is -2.26. The van der Waals surface area contributed by atoms with Gasteiger partial charge in [-0.25, -0.2) is 4.79 Å². The van der Waals surface area contributed by atoms with Gasteiger partial charge in [0, 0.05) is 19.6 Å². The maximum atomic E-state index is 11.7. The van der Waals surface area contributed by atoms with Crippen LogP contribution < -0.4 is 5.32 Å². The smallest absolute Gasteiger partial charge is 0.341 e. The van der Waals surface area contributed by atoms with Crippen molar-refractivity contribution in [2.45, 2.75) is 38.8 Å². The first-order chi connectivity index (χ1) is 8.22. The first kappa shape index (κ1) is 12.1. The topological polar surface area (TPSA) is 56.1 Å². The Labute approximate surface area is 101 Å². The Morgan fingerprint density at radius 1 is 1.65 bits per heavy atom.